The van der Waals surface area contributed by atoms with Crippen molar-refractivity contribution in [1.29, 1.82) is 0 Å². The van der Waals surface area contributed by atoms with Gasteiger partial charge in [-0.25, -0.2) is 4.98 Å². The number of rotatable bonds is 5. The highest BCUT2D eigenvalue weighted by atomic mass is 32.1. The third-order valence-electron chi connectivity index (χ3n) is 2.96. The summed E-state index contributed by atoms with van der Waals surface area (Å²) in [6, 6.07) is 3.89. The van der Waals surface area contributed by atoms with Crippen molar-refractivity contribution in [1.82, 2.24) is 14.4 Å². The van der Waals surface area contributed by atoms with Gasteiger partial charge in [-0.15, -0.1) is 11.3 Å². The van der Waals surface area contributed by atoms with Gasteiger partial charge in [0.1, 0.15) is 5.78 Å². The summed E-state index contributed by atoms with van der Waals surface area (Å²) < 4.78 is 1.95. The molecule has 0 N–H and O–H groups in total. The molecule has 0 unspecified atom stereocenters. The topological polar surface area (TPSA) is 47.3 Å². The summed E-state index contributed by atoms with van der Waals surface area (Å²) in [5, 5.41) is 1.98. The molecule has 0 saturated heterocycles. The van der Waals surface area contributed by atoms with E-state index in [1.165, 1.54) is 0 Å². The lowest BCUT2D eigenvalue weighted by molar-refractivity contribution is -0.118. The third kappa shape index (κ3) is 2.88. The minimum absolute atomic E-state index is 0.225. The summed E-state index contributed by atoms with van der Waals surface area (Å²) in [5.41, 5.74) is 2.00. The first kappa shape index (κ1) is 12.0. The van der Waals surface area contributed by atoms with Crippen molar-refractivity contribution < 1.29 is 4.79 Å². The molecule has 0 spiro atoms. The average molecular weight is 271 g/mol. The summed E-state index contributed by atoms with van der Waals surface area (Å²) in [4.78, 5) is 21.2. The molecular weight excluding hydrogens is 258 g/mol. The Kier molecular flexibility index (Phi) is 3.37. The molecule has 0 fully saturated rings. The van der Waals surface area contributed by atoms with Gasteiger partial charge < -0.3 is 0 Å². The van der Waals surface area contributed by atoms with Crippen molar-refractivity contribution >= 4 is 22.1 Å². The maximum Gasteiger partial charge on any atom is 0.193 e. The Balaban J connectivity index is 1.58. The molecule has 0 aliphatic heterocycles. The van der Waals surface area contributed by atoms with E-state index in [1.807, 2.05) is 34.3 Å². The van der Waals surface area contributed by atoms with E-state index >= 15 is 0 Å². The SMILES string of the molecule is O=C(CCc1ccncc1)Cc1cn2ccsc2n1. The monoisotopic (exact) mass is 271 g/mol. The fourth-order valence-corrected chi connectivity index (χ4v) is 2.70. The summed E-state index contributed by atoms with van der Waals surface area (Å²) in [7, 11) is 0. The molecule has 0 bridgehead atoms. The quantitative estimate of drug-likeness (QED) is 0.716. The Morgan fingerprint density at radius 3 is 2.95 bits per heavy atom. The number of ketones is 1. The number of pyridine rings is 1. The van der Waals surface area contributed by atoms with Crippen LogP contribution in [-0.4, -0.2) is 20.2 Å². The second kappa shape index (κ2) is 5.32. The van der Waals surface area contributed by atoms with Crippen LogP contribution in [-0.2, 0) is 17.6 Å². The van der Waals surface area contributed by atoms with Gasteiger partial charge in [-0.1, -0.05) is 0 Å². The molecule has 3 aromatic rings. The first-order valence-electron chi connectivity index (χ1n) is 6.13. The van der Waals surface area contributed by atoms with Gasteiger partial charge in [0.05, 0.1) is 12.1 Å². The largest absolute Gasteiger partial charge is 0.299 e. The van der Waals surface area contributed by atoms with Crippen LogP contribution < -0.4 is 0 Å². The summed E-state index contributed by atoms with van der Waals surface area (Å²) >= 11 is 1.58. The molecule has 96 valence electrons. The Morgan fingerprint density at radius 1 is 1.32 bits per heavy atom. The fourth-order valence-electron chi connectivity index (χ4n) is 1.98. The van der Waals surface area contributed by atoms with E-state index in [0.29, 0.717) is 12.8 Å². The number of hydrogen-bond acceptors (Lipinski definition) is 4. The van der Waals surface area contributed by atoms with E-state index in [4.69, 9.17) is 0 Å². The first-order chi connectivity index (χ1) is 9.31. The van der Waals surface area contributed by atoms with E-state index in [1.54, 1.807) is 23.7 Å². The van der Waals surface area contributed by atoms with E-state index in [-0.39, 0.29) is 5.78 Å². The second-order valence-corrected chi connectivity index (χ2v) is 5.27. The van der Waals surface area contributed by atoms with E-state index < -0.39 is 0 Å². The molecule has 4 nitrogen and oxygen atoms in total. The molecule has 3 aromatic heterocycles. The minimum atomic E-state index is 0.225. The lowest BCUT2D eigenvalue weighted by Gasteiger charge is -1.99. The molecule has 3 heterocycles. The molecule has 0 amide bonds. The van der Waals surface area contributed by atoms with Gasteiger partial charge in [-0.3, -0.25) is 14.2 Å². The minimum Gasteiger partial charge on any atom is -0.299 e. The molecule has 0 aliphatic carbocycles. The van der Waals surface area contributed by atoms with Gasteiger partial charge in [0, 0.05) is 36.6 Å². The van der Waals surface area contributed by atoms with Crippen molar-refractivity contribution in [2.75, 3.05) is 0 Å². The number of imidazole rings is 1. The lowest BCUT2D eigenvalue weighted by atomic mass is 10.1. The maximum absolute atomic E-state index is 11.9. The number of fused-ring (bicyclic) bond motifs is 1. The molecule has 0 saturated carbocycles. The van der Waals surface area contributed by atoms with Crippen LogP contribution in [0.3, 0.4) is 0 Å². The molecule has 0 atom stereocenters. The van der Waals surface area contributed by atoms with Crippen LogP contribution >= 0.6 is 11.3 Å². The van der Waals surface area contributed by atoms with Crippen LogP contribution in [0.1, 0.15) is 17.7 Å². The summed E-state index contributed by atoms with van der Waals surface area (Å²) in [6.45, 7) is 0. The van der Waals surface area contributed by atoms with Crippen LogP contribution in [0.2, 0.25) is 0 Å². The number of hydrogen-bond donors (Lipinski definition) is 0. The Bertz CT molecular complexity index is 658. The van der Waals surface area contributed by atoms with Crippen molar-refractivity contribution in [2.24, 2.45) is 0 Å². The van der Waals surface area contributed by atoms with E-state index in [9.17, 15) is 4.79 Å². The van der Waals surface area contributed by atoms with Crippen molar-refractivity contribution in [3.8, 4) is 0 Å². The zero-order chi connectivity index (χ0) is 13.1. The van der Waals surface area contributed by atoms with Crippen LogP contribution in [0.5, 0.6) is 0 Å². The van der Waals surface area contributed by atoms with Gasteiger partial charge in [0.2, 0.25) is 0 Å². The highest BCUT2D eigenvalue weighted by Gasteiger charge is 2.08. The smallest absolute Gasteiger partial charge is 0.193 e. The summed E-state index contributed by atoms with van der Waals surface area (Å²) in [6.07, 6.45) is 9.12. The summed E-state index contributed by atoms with van der Waals surface area (Å²) in [5.74, 6) is 0.225. The van der Waals surface area contributed by atoms with Crippen LogP contribution in [0.15, 0.2) is 42.3 Å². The van der Waals surface area contributed by atoms with Gasteiger partial charge >= 0.3 is 0 Å². The Morgan fingerprint density at radius 2 is 2.16 bits per heavy atom. The van der Waals surface area contributed by atoms with Crippen LogP contribution in [0, 0.1) is 0 Å². The molecule has 0 radical (unpaired) electrons. The number of nitrogens with zero attached hydrogens (tertiary/aromatic N) is 3. The standard InChI is InChI=1S/C14H13N3OS/c18-13(2-1-11-3-5-15-6-4-11)9-12-10-17-7-8-19-14(17)16-12/h3-8,10H,1-2,9H2. The van der Waals surface area contributed by atoms with E-state index in [2.05, 4.69) is 9.97 Å². The molecule has 19 heavy (non-hydrogen) atoms. The van der Waals surface area contributed by atoms with Gasteiger partial charge in [0.25, 0.3) is 0 Å². The highest BCUT2D eigenvalue weighted by molar-refractivity contribution is 7.15. The number of carbonyl (C=O) groups is 1. The van der Waals surface area contributed by atoms with Gasteiger partial charge in [0.15, 0.2) is 4.96 Å². The normalized spacial score (nSPS) is 10.9. The van der Waals surface area contributed by atoms with Crippen LogP contribution in [0.25, 0.3) is 4.96 Å². The van der Waals surface area contributed by atoms with Gasteiger partial charge in [-0.05, 0) is 24.1 Å². The predicted molar refractivity (Wildman–Crippen MR) is 74.3 cm³/mol. The lowest BCUT2D eigenvalue weighted by Crippen LogP contribution is -2.04. The third-order valence-corrected chi connectivity index (χ3v) is 3.73. The second-order valence-electron chi connectivity index (χ2n) is 4.40. The number of carbonyl (C=O) groups excluding carboxylic acids is 1. The zero-order valence-electron chi connectivity index (χ0n) is 10.3. The number of aryl methyl sites for hydroxylation is 1. The number of Topliss-reactive ketones (excluding diaryl/α,β-unsaturated/α-hetero) is 1. The molecule has 0 aliphatic rings. The molecule has 0 aromatic carbocycles. The van der Waals surface area contributed by atoms with E-state index in [0.717, 1.165) is 22.6 Å². The average Bonchev–Trinajstić information content (AvgIpc) is 2.98. The van der Waals surface area contributed by atoms with Crippen molar-refractivity contribution in [3.05, 3.63) is 53.6 Å². The van der Waals surface area contributed by atoms with Crippen LogP contribution in [0.4, 0.5) is 0 Å². The Labute approximate surface area is 114 Å². The molecular formula is C14H13N3OS. The number of thiazole rings is 1. The maximum atomic E-state index is 11.9. The highest BCUT2D eigenvalue weighted by Crippen LogP contribution is 2.12. The fraction of sp³-hybridized carbons (Fsp3) is 0.214. The predicted octanol–water partition coefficient (Wildman–Crippen LogP) is 2.54. The molecule has 3 rings (SSSR count). The Hall–Kier alpha value is -2.01. The van der Waals surface area contributed by atoms with Crippen molar-refractivity contribution in [2.45, 2.75) is 19.3 Å². The van der Waals surface area contributed by atoms with Gasteiger partial charge in [-0.2, -0.15) is 0 Å². The van der Waals surface area contributed by atoms with Crippen molar-refractivity contribution in [3.63, 3.8) is 0 Å². The zero-order valence-corrected chi connectivity index (χ0v) is 11.1. The molecule has 5 heteroatoms. The first-order valence-corrected chi connectivity index (χ1v) is 7.01. The number of aromatic nitrogens is 3.